The number of hydrogen-bond donors (Lipinski definition) is 0. The highest BCUT2D eigenvalue weighted by Crippen LogP contribution is 2.36. The fraction of sp³-hybridized carbons (Fsp3) is 0.882. The molecule has 0 spiro atoms. The summed E-state index contributed by atoms with van der Waals surface area (Å²) in [5.41, 5.74) is -0.855. The van der Waals surface area contributed by atoms with Crippen molar-refractivity contribution in [1.29, 1.82) is 0 Å². The molecule has 0 aliphatic carbocycles. The van der Waals surface area contributed by atoms with E-state index in [1.54, 1.807) is 13.8 Å². The van der Waals surface area contributed by atoms with Gasteiger partial charge in [-0.2, -0.15) is 0 Å². The first-order valence-electron chi connectivity index (χ1n) is 8.32. The van der Waals surface area contributed by atoms with Crippen molar-refractivity contribution in [2.45, 2.75) is 73.3 Å². The molecule has 130 valence electrons. The molecule has 0 aromatic carbocycles. The topological polar surface area (TPSA) is 61.8 Å². The van der Waals surface area contributed by atoms with Crippen LogP contribution in [0, 0.1) is 11.3 Å². The van der Waals surface area contributed by atoms with Crippen LogP contribution in [0.15, 0.2) is 0 Å². The summed E-state index contributed by atoms with van der Waals surface area (Å²) < 4.78 is 15.6. The fourth-order valence-electron chi connectivity index (χ4n) is 2.66. The predicted molar refractivity (Wildman–Crippen MR) is 85.6 cm³/mol. The van der Waals surface area contributed by atoms with E-state index >= 15 is 0 Å². The lowest BCUT2D eigenvalue weighted by molar-refractivity contribution is -0.164. The Hall–Kier alpha value is -1.26. The molecular weight excluding hydrogens is 284 g/mol. The lowest BCUT2D eigenvalue weighted by Crippen LogP contribution is -2.45. The molecule has 0 aromatic heterocycles. The van der Waals surface area contributed by atoms with E-state index < -0.39 is 17.7 Å². The van der Waals surface area contributed by atoms with Crippen LogP contribution in [0.4, 0.5) is 4.79 Å². The second kappa shape index (κ2) is 10.5. The fourth-order valence-corrected chi connectivity index (χ4v) is 2.66. The molecule has 0 bridgehead atoms. The molecule has 0 N–H and O–H groups in total. The van der Waals surface area contributed by atoms with Gasteiger partial charge >= 0.3 is 12.1 Å². The second-order valence-electron chi connectivity index (χ2n) is 6.17. The molecule has 0 radical (unpaired) electrons. The van der Waals surface area contributed by atoms with Crippen LogP contribution >= 0.6 is 0 Å². The van der Waals surface area contributed by atoms with E-state index in [0.29, 0.717) is 19.4 Å². The van der Waals surface area contributed by atoms with E-state index in [1.807, 2.05) is 20.8 Å². The normalized spacial score (nSPS) is 15.0. The van der Waals surface area contributed by atoms with Crippen LogP contribution in [0.5, 0.6) is 0 Å². The van der Waals surface area contributed by atoms with Crippen LogP contribution in [0.1, 0.15) is 67.2 Å². The third-order valence-corrected chi connectivity index (χ3v) is 3.61. The van der Waals surface area contributed by atoms with Crippen LogP contribution in [0.3, 0.4) is 0 Å². The lowest BCUT2D eigenvalue weighted by Gasteiger charge is -2.35. The number of hydrogen-bond acceptors (Lipinski definition) is 5. The van der Waals surface area contributed by atoms with Gasteiger partial charge in [-0.3, -0.25) is 4.79 Å². The Morgan fingerprint density at radius 1 is 1.05 bits per heavy atom. The maximum Gasteiger partial charge on any atom is 0.508 e. The molecule has 0 saturated heterocycles. The molecule has 5 nitrogen and oxygen atoms in total. The van der Waals surface area contributed by atoms with Gasteiger partial charge in [0.2, 0.25) is 0 Å². The molecule has 22 heavy (non-hydrogen) atoms. The standard InChI is InChI=1S/C17H32O5/c1-7-10-11-14(22-16(19)21-9-3)17(6,12-13(4)5)15(18)20-8-2/h13-14H,7-12H2,1-6H3. The van der Waals surface area contributed by atoms with Gasteiger partial charge < -0.3 is 14.2 Å². The van der Waals surface area contributed by atoms with Crippen molar-refractivity contribution in [2.75, 3.05) is 13.2 Å². The van der Waals surface area contributed by atoms with Crippen molar-refractivity contribution in [3.05, 3.63) is 0 Å². The Balaban J connectivity index is 5.31. The van der Waals surface area contributed by atoms with Gasteiger partial charge in [0.1, 0.15) is 11.5 Å². The number of ether oxygens (including phenoxy) is 3. The van der Waals surface area contributed by atoms with Crippen molar-refractivity contribution < 1.29 is 23.8 Å². The van der Waals surface area contributed by atoms with Gasteiger partial charge in [-0.15, -0.1) is 0 Å². The maximum atomic E-state index is 12.5. The van der Waals surface area contributed by atoms with Gasteiger partial charge in [-0.1, -0.05) is 33.6 Å². The highest BCUT2D eigenvalue weighted by atomic mass is 16.7. The Morgan fingerprint density at radius 2 is 1.64 bits per heavy atom. The molecule has 0 saturated carbocycles. The van der Waals surface area contributed by atoms with Gasteiger partial charge in [-0.25, -0.2) is 4.79 Å². The van der Waals surface area contributed by atoms with Crippen molar-refractivity contribution in [3.63, 3.8) is 0 Å². The first-order valence-corrected chi connectivity index (χ1v) is 8.32. The molecule has 2 unspecified atom stereocenters. The van der Waals surface area contributed by atoms with Crippen LogP contribution < -0.4 is 0 Å². The van der Waals surface area contributed by atoms with E-state index in [9.17, 15) is 9.59 Å². The average molecular weight is 316 g/mol. The van der Waals surface area contributed by atoms with Gasteiger partial charge in [-0.05, 0) is 39.5 Å². The minimum Gasteiger partial charge on any atom is -0.465 e. The number of unbranched alkanes of at least 4 members (excludes halogenated alkanes) is 1. The monoisotopic (exact) mass is 316 g/mol. The van der Waals surface area contributed by atoms with Gasteiger partial charge in [0, 0.05) is 0 Å². The van der Waals surface area contributed by atoms with Crippen LogP contribution in [0.25, 0.3) is 0 Å². The molecule has 0 aliphatic rings. The zero-order valence-corrected chi connectivity index (χ0v) is 14.9. The smallest absolute Gasteiger partial charge is 0.465 e. The maximum absolute atomic E-state index is 12.5. The first-order chi connectivity index (χ1) is 10.3. The zero-order chi connectivity index (χ0) is 17.2. The van der Waals surface area contributed by atoms with E-state index in [2.05, 4.69) is 6.92 Å². The minimum atomic E-state index is -0.855. The number of carbonyl (C=O) groups is 2. The second-order valence-corrected chi connectivity index (χ2v) is 6.17. The molecule has 5 heteroatoms. The summed E-state index contributed by atoms with van der Waals surface area (Å²) in [4.78, 5) is 24.2. The molecular formula is C17H32O5. The van der Waals surface area contributed by atoms with Crippen LogP contribution in [-0.4, -0.2) is 31.4 Å². The van der Waals surface area contributed by atoms with Crippen LogP contribution in [-0.2, 0) is 19.0 Å². The highest BCUT2D eigenvalue weighted by Gasteiger charge is 2.45. The molecule has 0 aliphatic heterocycles. The quantitative estimate of drug-likeness (QED) is 0.561. The van der Waals surface area contributed by atoms with Gasteiger partial charge in [0.05, 0.1) is 13.2 Å². The Kier molecular flexibility index (Phi) is 9.86. The molecule has 0 rings (SSSR count). The summed E-state index contributed by atoms with van der Waals surface area (Å²) in [6.45, 7) is 12.0. The van der Waals surface area contributed by atoms with Gasteiger partial charge in [0.25, 0.3) is 0 Å². The Labute approximate surface area is 134 Å². The summed E-state index contributed by atoms with van der Waals surface area (Å²) in [6.07, 6.45) is 1.80. The van der Waals surface area contributed by atoms with Crippen molar-refractivity contribution in [1.82, 2.24) is 0 Å². The van der Waals surface area contributed by atoms with E-state index in [4.69, 9.17) is 14.2 Å². The van der Waals surface area contributed by atoms with Crippen LogP contribution in [0.2, 0.25) is 0 Å². The van der Waals surface area contributed by atoms with Crippen molar-refractivity contribution >= 4 is 12.1 Å². The molecule has 0 aromatic rings. The Morgan fingerprint density at radius 3 is 2.09 bits per heavy atom. The molecule has 2 atom stereocenters. The van der Waals surface area contributed by atoms with E-state index in [0.717, 1.165) is 12.8 Å². The third-order valence-electron chi connectivity index (χ3n) is 3.61. The lowest BCUT2D eigenvalue weighted by atomic mass is 9.75. The minimum absolute atomic E-state index is 0.250. The van der Waals surface area contributed by atoms with Crippen molar-refractivity contribution in [3.8, 4) is 0 Å². The summed E-state index contributed by atoms with van der Waals surface area (Å²) in [5.74, 6) is -0.0292. The van der Waals surface area contributed by atoms with E-state index in [1.165, 1.54) is 0 Å². The molecule has 0 amide bonds. The summed E-state index contributed by atoms with van der Waals surface area (Å²) in [7, 11) is 0. The average Bonchev–Trinajstić information content (AvgIpc) is 2.43. The summed E-state index contributed by atoms with van der Waals surface area (Å²) >= 11 is 0. The summed E-state index contributed by atoms with van der Waals surface area (Å²) in [6, 6.07) is 0. The third kappa shape index (κ3) is 6.67. The first kappa shape index (κ1) is 20.7. The highest BCUT2D eigenvalue weighted by molar-refractivity contribution is 5.77. The van der Waals surface area contributed by atoms with Gasteiger partial charge in [0.15, 0.2) is 0 Å². The number of rotatable bonds is 10. The predicted octanol–water partition coefficient (Wildman–Crippen LogP) is 4.33. The van der Waals surface area contributed by atoms with E-state index in [-0.39, 0.29) is 18.5 Å². The zero-order valence-electron chi connectivity index (χ0n) is 14.9. The Bertz CT molecular complexity index is 340. The molecule has 0 heterocycles. The largest absolute Gasteiger partial charge is 0.508 e. The SMILES string of the molecule is CCCCC(OC(=O)OCC)C(C)(CC(C)C)C(=O)OCC. The van der Waals surface area contributed by atoms with Crippen molar-refractivity contribution in [2.24, 2.45) is 11.3 Å². The molecule has 0 fully saturated rings. The number of esters is 1. The summed E-state index contributed by atoms with van der Waals surface area (Å²) in [5, 5.41) is 0. The number of carbonyl (C=O) groups excluding carboxylic acids is 2.